The number of likely N-dealkylation sites (tertiary alicyclic amines) is 1. The van der Waals surface area contributed by atoms with Gasteiger partial charge in [-0.25, -0.2) is 0 Å². The van der Waals surface area contributed by atoms with Crippen LogP contribution in [0.3, 0.4) is 0 Å². The Morgan fingerprint density at radius 1 is 1.09 bits per heavy atom. The molecule has 8 heteroatoms. The van der Waals surface area contributed by atoms with Crippen molar-refractivity contribution >= 4 is 11.8 Å². The van der Waals surface area contributed by atoms with Crippen LogP contribution >= 0.6 is 0 Å². The van der Waals surface area contributed by atoms with E-state index in [1.54, 1.807) is 0 Å². The van der Waals surface area contributed by atoms with Crippen molar-refractivity contribution in [2.45, 2.75) is 52.0 Å². The average Bonchev–Trinajstić information content (AvgIpc) is 3.58. The van der Waals surface area contributed by atoms with E-state index < -0.39 is 0 Å². The molecule has 2 amide bonds. The molecule has 1 unspecified atom stereocenters. The predicted molar refractivity (Wildman–Crippen MR) is 132 cm³/mol. The molecule has 3 aromatic rings. The van der Waals surface area contributed by atoms with Crippen molar-refractivity contribution in [3.05, 3.63) is 65.5 Å². The van der Waals surface area contributed by atoms with Gasteiger partial charge >= 0.3 is 0 Å². The minimum Gasteiger partial charge on any atom is -0.483 e. The Labute approximate surface area is 205 Å². The first-order valence-corrected chi connectivity index (χ1v) is 12.2. The second-order valence-electron chi connectivity index (χ2n) is 8.81. The molecule has 8 nitrogen and oxygen atoms in total. The lowest BCUT2D eigenvalue weighted by Gasteiger charge is -2.21. The van der Waals surface area contributed by atoms with Crippen LogP contribution in [0.15, 0.2) is 52.9 Å². The molecule has 1 atom stereocenters. The fourth-order valence-electron chi connectivity index (χ4n) is 4.15. The maximum absolute atomic E-state index is 12.7. The number of nitrogens with zero attached hydrogens (tertiary/aromatic N) is 3. The second-order valence-corrected chi connectivity index (χ2v) is 8.81. The fourth-order valence-corrected chi connectivity index (χ4v) is 4.15. The molecule has 35 heavy (non-hydrogen) atoms. The normalized spacial score (nSPS) is 14.1. The average molecular weight is 477 g/mol. The van der Waals surface area contributed by atoms with Crippen LogP contribution in [-0.4, -0.2) is 46.6 Å². The highest BCUT2D eigenvalue weighted by molar-refractivity contribution is 5.78. The first-order valence-electron chi connectivity index (χ1n) is 12.2. The van der Waals surface area contributed by atoms with Gasteiger partial charge in [-0.3, -0.25) is 9.59 Å². The summed E-state index contributed by atoms with van der Waals surface area (Å²) in [5.41, 5.74) is 2.86. The van der Waals surface area contributed by atoms with Gasteiger partial charge in [-0.2, -0.15) is 0 Å². The maximum Gasteiger partial charge on any atom is 0.260 e. The summed E-state index contributed by atoms with van der Waals surface area (Å²) in [5, 5.41) is 11.3. The zero-order valence-corrected chi connectivity index (χ0v) is 20.3. The molecule has 1 fully saturated rings. The molecule has 0 bridgehead atoms. The molecule has 4 rings (SSSR count). The van der Waals surface area contributed by atoms with E-state index in [1.165, 1.54) is 0 Å². The lowest BCUT2D eigenvalue weighted by molar-refractivity contribution is -0.132. The predicted octanol–water partition coefficient (Wildman–Crippen LogP) is 4.25. The van der Waals surface area contributed by atoms with Crippen molar-refractivity contribution in [2.24, 2.45) is 0 Å². The third-order valence-electron chi connectivity index (χ3n) is 6.18. The third kappa shape index (κ3) is 6.47. The van der Waals surface area contributed by atoms with E-state index in [-0.39, 0.29) is 30.9 Å². The fraction of sp³-hybridized carbons (Fsp3) is 0.407. The van der Waals surface area contributed by atoms with Gasteiger partial charge in [0.05, 0.1) is 6.04 Å². The summed E-state index contributed by atoms with van der Waals surface area (Å²) in [6.45, 7) is 5.61. The summed E-state index contributed by atoms with van der Waals surface area (Å²) in [7, 11) is 0. The van der Waals surface area contributed by atoms with Crippen LogP contribution in [-0.2, 0) is 16.0 Å². The summed E-state index contributed by atoms with van der Waals surface area (Å²) in [4.78, 5) is 26.9. The van der Waals surface area contributed by atoms with Crippen molar-refractivity contribution in [1.29, 1.82) is 0 Å². The van der Waals surface area contributed by atoms with E-state index in [2.05, 4.69) is 15.5 Å². The van der Waals surface area contributed by atoms with Crippen LogP contribution in [0, 0.1) is 6.92 Å². The monoisotopic (exact) mass is 476 g/mol. The molecule has 2 heterocycles. The first-order chi connectivity index (χ1) is 17.0. The molecule has 1 aliphatic rings. The number of aryl methyl sites for hydroxylation is 2. The molecule has 0 radical (unpaired) electrons. The third-order valence-corrected chi connectivity index (χ3v) is 6.18. The number of ether oxygens (including phenoxy) is 1. The number of rotatable bonds is 10. The number of para-hydroxylation sites is 1. The lowest BCUT2D eigenvalue weighted by Crippen LogP contribution is -2.32. The van der Waals surface area contributed by atoms with Gasteiger partial charge in [0.15, 0.2) is 6.61 Å². The first kappa shape index (κ1) is 24.4. The minimum absolute atomic E-state index is 0.000971. The topological polar surface area (TPSA) is 97.6 Å². The summed E-state index contributed by atoms with van der Waals surface area (Å²) in [6.07, 6.45) is 3.35. The zero-order chi connectivity index (χ0) is 24.6. The minimum atomic E-state index is -0.230. The maximum atomic E-state index is 12.7. The summed E-state index contributed by atoms with van der Waals surface area (Å²) >= 11 is 0. The number of nitrogens with one attached hydrogen (secondary N) is 1. The molecule has 1 saturated heterocycles. The molecule has 1 aliphatic heterocycles. The number of carbonyl (C=O) groups is 2. The molecule has 184 valence electrons. The molecule has 1 N–H and O–H groups in total. The Morgan fingerprint density at radius 3 is 2.57 bits per heavy atom. The molecule has 2 aromatic carbocycles. The smallest absolute Gasteiger partial charge is 0.260 e. The van der Waals surface area contributed by atoms with E-state index in [1.807, 2.05) is 67.3 Å². The summed E-state index contributed by atoms with van der Waals surface area (Å²) in [5.74, 6) is 1.37. The van der Waals surface area contributed by atoms with Crippen LogP contribution in [0.25, 0.3) is 11.5 Å². The Bertz CT molecular complexity index is 1140. The van der Waals surface area contributed by atoms with Gasteiger partial charge in [-0.05, 0) is 44.4 Å². The number of hydrogen-bond donors (Lipinski definition) is 1. The molecule has 1 aromatic heterocycles. The Morgan fingerprint density at radius 2 is 1.83 bits per heavy atom. The summed E-state index contributed by atoms with van der Waals surface area (Å²) in [6, 6.07) is 15.2. The highest BCUT2D eigenvalue weighted by Crippen LogP contribution is 2.27. The lowest BCUT2D eigenvalue weighted by atomic mass is 10.0. The van der Waals surface area contributed by atoms with E-state index in [4.69, 9.17) is 9.15 Å². The van der Waals surface area contributed by atoms with Crippen molar-refractivity contribution in [2.75, 3.05) is 19.7 Å². The number of amides is 2. The Hall–Kier alpha value is -3.68. The quantitative estimate of drug-likeness (QED) is 0.470. The van der Waals surface area contributed by atoms with Crippen LogP contribution in [0.2, 0.25) is 0 Å². The van der Waals surface area contributed by atoms with Gasteiger partial charge in [0.2, 0.25) is 17.7 Å². The Balaban J connectivity index is 1.32. The van der Waals surface area contributed by atoms with Crippen LogP contribution < -0.4 is 10.1 Å². The van der Waals surface area contributed by atoms with Gasteiger partial charge in [-0.15, -0.1) is 10.2 Å². The van der Waals surface area contributed by atoms with Crippen LogP contribution in [0.4, 0.5) is 0 Å². The van der Waals surface area contributed by atoms with E-state index in [9.17, 15) is 9.59 Å². The molecule has 0 spiro atoms. The number of carbonyl (C=O) groups excluding carboxylic acids is 2. The largest absolute Gasteiger partial charge is 0.483 e. The number of benzene rings is 2. The molecule has 0 saturated carbocycles. The zero-order valence-electron chi connectivity index (χ0n) is 20.3. The number of aromatic nitrogens is 2. The highest BCUT2D eigenvalue weighted by atomic mass is 16.5. The molecule has 0 aliphatic carbocycles. The van der Waals surface area contributed by atoms with Crippen molar-refractivity contribution in [3.8, 4) is 17.2 Å². The molecular weight excluding hydrogens is 444 g/mol. The standard InChI is InChI=1S/C27H32N4O4/c1-3-22(21-8-4-5-9-23(21)34-18-26(33)31-16-6-7-17-31)28-24(32)14-15-25-29-30-27(35-25)20-12-10-19(2)11-13-20/h4-5,8-13,22H,3,6-7,14-18H2,1-2H3,(H,28,32). The van der Waals surface area contributed by atoms with Crippen LogP contribution in [0.5, 0.6) is 5.75 Å². The van der Waals surface area contributed by atoms with Crippen molar-refractivity contribution < 1.29 is 18.7 Å². The molecular formula is C27H32N4O4. The van der Waals surface area contributed by atoms with Crippen LogP contribution in [0.1, 0.15) is 55.7 Å². The van der Waals surface area contributed by atoms with Crippen molar-refractivity contribution in [1.82, 2.24) is 20.4 Å². The van der Waals surface area contributed by atoms with E-state index >= 15 is 0 Å². The van der Waals surface area contributed by atoms with Crippen molar-refractivity contribution in [3.63, 3.8) is 0 Å². The van der Waals surface area contributed by atoms with Gasteiger partial charge in [0.1, 0.15) is 5.75 Å². The van der Waals surface area contributed by atoms with Gasteiger partial charge < -0.3 is 19.4 Å². The van der Waals surface area contributed by atoms with Gasteiger partial charge in [-0.1, -0.05) is 42.8 Å². The van der Waals surface area contributed by atoms with Gasteiger partial charge in [0, 0.05) is 37.1 Å². The highest BCUT2D eigenvalue weighted by Gasteiger charge is 2.21. The SMILES string of the molecule is CCC(NC(=O)CCc1nnc(-c2ccc(C)cc2)o1)c1ccccc1OCC(=O)N1CCCC1. The second kappa shape index (κ2) is 11.6. The Kier molecular flexibility index (Phi) is 8.13. The van der Waals surface area contributed by atoms with E-state index in [0.717, 1.165) is 42.6 Å². The van der Waals surface area contributed by atoms with E-state index in [0.29, 0.717) is 30.4 Å². The number of hydrogen-bond acceptors (Lipinski definition) is 6. The van der Waals surface area contributed by atoms with Gasteiger partial charge in [0.25, 0.3) is 5.91 Å². The summed E-state index contributed by atoms with van der Waals surface area (Å²) < 4.78 is 11.6.